The number of amides is 2. The number of halogens is 2. The molecular weight excluding hydrogens is 381 g/mol. The second-order valence-corrected chi connectivity index (χ2v) is 7.26. The Balaban J connectivity index is 1.62. The maximum absolute atomic E-state index is 12.1. The van der Waals surface area contributed by atoms with E-state index in [1.807, 2.05) is 6.07 Å². The fourth-order valence-corrected chi connectivity index (χ4v) is 3.44. The molecule has 8 heteroatoms. The summed E-state index contributed by atoms with van der Waals surface area (Å²) in [5, 5.41) is 6.39. The highest BCUT2D eigenvalue weighted by Crippen LogP contribution is 2.29. The Morgan fingerprint density at radius 2 is 1.88 bits per heavy atom. The Morgan fingerprint density at radius 1 is 1.16 bits per heavy atom. The first-order valence-electron chi connectivity index (χ1n) is 7.37. The number of rotatable bonds is 4. The molecule has 1 atom stereocenters. The number of hydrogen-bond acceptors (Lipinski definition) is 4. The lowest BCUT2D eigenvalue weighted by molar-refractivity contribution is -0.122. The molecule has 128 valence electrons. The van der Waals surface area contributed by atoms with E-state index in [2.05, 4.69) is 15.6 Å². The average Bonchev–Trinajstić information content (AvgIpc) is 2.91. The number of aliphatic imine (C=N–C) groups is 1. The van der Waals surface area contributed by atoms with Gasteiger partial charge in [-0.25, -0.2) is 4.99 Å². The zero-order valence-electron chi connectivity index (χ0n) is 12.8. The van der Waals surface area contributed by atoms with E-state index in [9.17, 15) is 9.59 Å². The number of carbonyl (C=O) groups is 2. The van der Waals surface area contributed by atoms with Crippen LogP contribution in [-0.2, 0) is 9.59 Å². The largest absolute Gasteiger partial charge is 0.326 e. The summed E-state index contributed by atoms with van der Waals surface area (Å²) >= 11 is 13.1. The van der Waals surface area contributed by atoms with Crippen LogP contribution in [0, 0.1) is 0 Å². The maximum Gasteiger partial charge on any atom is 0.240 e. The van der Waals surface area contributed by atoms with Crippen molar-refractivity contribution in [1.82, 2.24) is 5.32 Å². The Labute approximate surface area is 158 Å². The number of para-hydroxylation sites is 1. The first-order chi connectivity index (χ1) is 12.0. The molecule has 0 saturated carbocycles. The predicted molar refractivity (Wildman–Crippen MR) is 103 cm³/mol. The van der Waals surface area contributed by atoms with Gasteiger partial charge in [0.15, 0.2) is 5.17 Å². The van der Waals surface area contributed by atoms with Crippen molar-refractivity contribution >= 4 is 63.3 Å². The van der Waals surface area contributed by atoms with E-state index in [4.69, 9.17) is 23.2 Å². The van der Waals surface area contributed by atoms with Gasteiger partial charge in [0.05, 0.1) is 10.7 Å². The van der Waals surface area contributed by atoms with Gasteiger partial charge in [0.25, 0.3) is 0 Å². The predicted octanol–water partition coefficient (Wildman–Crippen LogP) is 4.24. The van der Waals surface area contributed by atoms with Crippen molar-refractivity contribution in [2.45, 2.75) is 11.7 Å². The van der Waals surface area contributed by atoms with Crippen LogP contribution in [0.4, 0.5) is 11.4 Å². The molecule has 1 heterocycles. The number of amidine groups is 1. The lowest BCUT2D eigenvalue weighted by Gasteiger charge is -2.07. The SMILES string of the molecule is O=C(CC1SC(=Nc2ccccc2Cl)NC1=O)Nc1ccc(Cl)cc1. The Kier molecular flexibility index (Phi) is 5.63. The molecule has 1 aliphatic rings. The number of carbonyl (C=O) groups excluding carboxylic acids is 2. The van der Waals surface area contributed by atoms with Crippen molar-refractivity contribution < 1.29 is 9.59 Å². The van der Waals surface area contributed by atoms with Crippen LogP contribution in [-0.4, -0.2) is 22.2 Å². The van der Waals surface area contributed by atoms with Crippen molar-refractivity contribution in [3.63, 3.8) is 0 Å². The molecule has 2 N–H and O–H groups in total. The minimum atomic E-state index is -0.534. The molecule has 1 saturated heterocycles. The molecule has 2 aromatic rings. The van der Waals surface area contributed by atoms with E-state index >= 15 is 0 Å². The quantitative estimate of drug-likeness (QED) is 0.815. The van der Waals surface area contributed by atoms with Crippen LogP contribution in [0.5, 0.6) is 0 Å². The Morgan fingerprint density at radius 3 is 2.60 bits per heavy atom. The summed E-state index contributed by atoms with van der Waals surface area (Å²) in [6.07, 6.45) is 0.0423. The van der Waals surface area contributed by atoms with Gasteiger partial charge in [0, 0.05) is 17.1 Å². The Bertz CT molecular complexity index is 840. The molecule has 25 heavy (non-hydrogen) atoms. The molecule has 0 aromatic heterocycles. The highest BCUT2D eigenvalue weighted by Gasteiger charge is 2.32. The van der Waals surface area contributed by atoms with E-state index in [1.165, 1.54) is 11.8 Å². The van der Waals surface area contributed by atoms with Crippen molar-refractivity contribution in [1.29, 1.82) is 0 Å². The molecule has 0 spiro atoms. The topological polar surface area (TPSA) is 70.6 Å². The minimum Gasteiger partial charge on any atom is -0.326 e. The normalized spacial score (nSPS) is 18.2. The van der Waals surface area contributed by atoms with Gasteiger partial charge in [-0.2, -0.15) is 0 Å². The van der Waals surface area contributed by atoms with E-state index in [-0.39, 0.29) is 18.2 Å². The van der Waals surface area contributed by atoms with Gasteiger partial charge in [-0.15, -0.1) is 0 Å². The third-order valence-corrected chi connectivity index (χ3v) is 5.00. The standard InChI is InChI=1S/C17H13Cl2N3O2S/c18-10-5-7-11(8-6-10)20-15(23)9-14-16(24)22-17(25-14)21-13-4-2-1-3-12(13)19/h1-8,14H,9H2,(H,20,23)(H,21,22,24). The van der Waals surface area contributed by atoms with Gasteiger partial charge < -0.3 is 10.6 Å². The number of nitrogens with one attached hydrogen (secondary N) is 2. The summed E-state index contributed by atoms with van der Waals surface area (Å²) in [4.78, 5) is 28.5. The molecular formula is C17H13Cl2N3O2S. The number of benzene rings is 2. The summed E-state index contributed by atoms with van der Waals surface area (Å²) in [7, 11) is 0. The van der Waals surface area contributed by atoms with Gasteiger partial charge in [-0.3, -0.25) is 9.59 Å². The van der Waals surface area contributed by atoms with Crippen LogP contribution >= 0.6 is 35.0 Å². The summed E-state index contributed by atoms with van der Waals surface area (Å²) in [5.41, 5.74) is 1.20. The van der Waals surface area contributed by atoms with E-state index in [0.29, 0.717) is 26.6 Å². The molecule has 0 radical (unpaired) electrons. The smallest absolute Gasteiger partial charge is 0.240 e. The number of thioether (sulfide) groups is 1. The third-order valence-electron chi connectivity index (χ3n) is 3.35. The van der Waals surface area contributed by atoms with Crippen LogP contribution in [0.2, 0.25) is 10.0 Å². The van der Waals surface area contributed by atoms with E-state index in [0.717, 1.165) is 0 Å². The van der Waals surface area contributed by atoms with Crippen molar-refractivity contribution in [2.24, 2.45) is 4.99 Å². The fraction of sp³-hybridized carbons (Fsp3) is 0.118. The summed E-state index contributed by atoms with van der Waals surface area (Å²) in [6, 6.07) is 13.9. The summed E-state index contributed by atoms with van der Waals surface area (Å²) in [5.74, 6) is -0.504. The minimum absolute atomic E-state index is 0.0423. The number of hydrogen-bond donors (Lipinski definition) is 2. The average molecular weight is 394 g/mol. The molecule has 1 fully saturated rings. The summed E-state index contributed by atoms with van der Waals surface area (Å²) in [6.45, 7) is 0. The van der Waals surface area contributed by atoms with Crippen LogP contribution in [0.15, 0.2) is 53.5 Å². The maximum atomic E-state index is 12.1. The Hall–Kier alpha value is -2.02. The number of anilines is 1. The van der Waals surface area contributed by atoms with Gasteiger partial charge in [0.1, 0.15) is 5.25 Å². The first-order valence-corrected chi connectivity index (χ1v) is 9.01. The molecule has 5 nitrogen and oxygen atoms in total. The van der Waals surface area contributed by atoms with Gasteiger partial charge in [0.2, 0.25) is 11.8 Å². The van der Waals surface area contributed by atoms with Crippen LogP contribution in [0.25, 0.3) is 0 Å². The molecule has 2 amide bonds. The van der Waals surface area contributed by atoms with E-state index < -0.39 is 5.25 Å². The van der Waals surface area contributed by atoms with E-state index in [1.54, 1.807) is 42.5 Å². The van der Waals surface area contributed by atoms with Crippen molar-refractivity contribution in [3.8, 4) is 0 Å². The zero-order valence-corrected chi connectivity index (χ0v) is 15.2. The van der Waals surface area contributed by atoms with Gasteiger partial charge >= 0.3 is 0 Å². The molecule has 1 aliphatic heterocycles. The monoisotopic (exact) mass is 393 g/mol. The van der Waals surface area contributed by atoms with Crippen LogP contribution < -0.4 is 10.6 Å². The van der Waals surface area contributed by atoms with Crippen molar-refractivity contribution in [2.75, 3.05) is 5.32 Å². The van der Waals surface area contributed by atoms with Crippen LogP contribution in [0.3, 0.4) is 0 Å². The molecule has 1 unspecified atom stereocenters. The molecule has 2 aromatic carbocycles. The lowest BCUT2D eigenvalue weighted by atomic mass is 10.2. The molecule has 0 aliphatic carbocycles. The molecule has 0 bridgehead atoms. The van der Waals surface area contributed by atoms with Crippen molar-refractivity contribution in [3.05, 3.63) is 58.6 Å². The first kappa shape index (κ1) is 17.8. The second-order valence-electron chi connectivity index (χ2n) is 5.22. The lowest BCUT2D eigenvalue weighted by Crippen LogP contribution is -2.28. The van der Waals surface area contributed by atoms with Gasteiger partial charge in [-0.05, 0) is 36.4 Å². The second kappa shape index (κ2) is 7.91. The highest BCUT2D eigenvalue weighted by molar-refractivity contribution is 8.15. The zero-order chi connectivity index (χ0) is 17.8. The fourth-order valence-electron chi connectivity index (χ4n) is 2.16. The number of nitrogens with zero attached hydrogens (tertiary/aromatic N) is 1. The molecule has 3 rings (SSSR count). The highest BCUT2D eigenvalue weighted by atomic mass is 35.5. The van der Waals surface area contributed by atoms with Crippen LogP contribution in [0.1, 0.15) is 6.42 Å². The summed E-state index contributed by atoms with van der Waals surface area (Å²) < 4.78 is 0. The third kappa shape index (κ3) is 4.75. The van der Waals surface area contributed by atoms with Gasteiger partial charge in [-0.1, -0.05) is 47.1 Å².